The van der Waals surface area contributed by atoms with Crippen LogP contribution in [0.4, 0.5) is 5.82 Å². The van der Waals surface area contributed by atoms with Crippen LogP contribution >= 0.6 is 0 Å². The Balaban J connectivity index is 1.39. The number of pyridine rings is 1. The summed E-state index contributed by atoms with van der Waals surface area (Å²) < 4.78 is 0. The molecule has 1 aliphatic heterocycles. The smallest absolute Gasteiger partial charge is 0.317 e. The zero-order valence-corrected chi connectivity index (χ0v) is 18.6. The van der Waals surface area contributed by atoms with E-state index < -0.39 is 18.1 Å². The highest BCUT2D eigenvalue weighted by Gasteiger charge is 2.40. The predicted molar refractivity (Wildman–Crippen MR) is 128 cm³/mol. The third-order valence-corrected chi connectivity index (χ3v) is 6.01. The summed E-state index contributed by atoms with van der Waals surface area (Å²) in [6.45, 7) is 0.440. The minimum absolute atomic E-state index is 0.231. The quantitative estimate of drug-likeness (QED) is 0.377. The first-order valence-corrected chi connectivity index (χ1v) is 11.1. The third kappa shape index (κ3) is 5.32. The molecule has 0 radical (unpaired) electrons. The number of nitrogens with zero attached hydrogens (tertiary/aromatic N) is 2. The molecule has 1 aliphatic rings. The second-order valence-electron chi connectivity index (χ2n) is 8.32. The highest BCUT2D eigenvalue weighted by atomic mass is 16.4. The summed E-state index contributed by atoms with van der Waals surface area (Å²) in [6.07, 6.45) is 2.55. The molecule has 0 saturated carbocycles. The van der Waals surface area contributed by atoms with Crippen molar-refractivity contribution < 1.29 is 19.5 Å². The van der Waals surface area contributed by atoms with Crippen molar-refractivity contribution in [3.8, 4) is 0 Å². The van der Waals surface area contributed by atoms with Gasteiger partial charge < -0.3 is 21.1 Å². The van der Waals surface area contributed by atoms with E-state index in [0.29, 0.717) is 31.7 Å². The van der Waals surface area contributed by atoms with Crippen molar-refractivity contribution in [2.75, 3.05) is 18.8 Å². The first-order chi connectivity index (χ1) is 16.4. The number of hydrogen-bond donors (Lipinski definition) is 4. The summed E-state index contributed by atoms with van der Waals surface area (Å²) in [5.74, 6) is -1.09. The fraction of sp³-hybridized carbons (Fsp3) is 0.280. The Hall–Kier alpha value is -3.98. The molecule has 2 aromatic carbocycles. The van der Waals surface area contributed by atoms with Gasteiger partial charge in [-0.1, -0.05) is 42.5 Å². The Kier molecular flexibility index (Phi) is 7.03. The molecule has 0 spiro atoms. The Morgan fingerprint density at radius 3 is 2.62 bits per heavy atom. The third-order valence-electron chi connectivity index (χ3n) is 6.01. The number of carbonyl (C=O) groups is 3. The number of rotatable bonds is 9. The van der Waals surface area contributed by atoms with Crippen molar-refractivity contribution in [3.05, 3.63) is 71.9 Å². The molecule has 0 aliphatic carbocycles. The second-order valence-corrected chi connectivity index (χ2v) is 8.32. The van der Waals surface area contributed by atoms with Gasteiger partial charge in [-0.05, 0) is 41.5 Å². The van der Waals surface area contributed by atoms with Gasteiger partial charge in [0.05, 0.1) is 12.6 Å². The molecule has 2 heterocycles. The maximum Gasteiger partial charge on any atom is 0.317 e. The summed E-state index contributed by atoms with van der Waals surface area (Å²) in [6, 6.07) is 15.7. The number of hydrogen-bond acceptors (Lipinski definition) is 6. The van der Waals surface area contributed by atoms with Crippen molar-refractivity contribution in [1.29, 1.82) is 0 Å². The molecule has 0 unspecified atom stereocenters. The predicted octanol–water partition coefficient (Wildman–Crippen LogP) is 1.32. The maximum absolute atomic E-state index is 13.2. The van der Waals surface area contributed by atoms with E-state index in [1.807, 2.05) is 54.6 Å². The molecule has 9 heteroatoms. The Labute approximate surface area is 197 Å². The number of nitrogens with two attached hydrogens (primary N) is 1. The molecule has 9 nitrogen and oxygen atoms in total. The van der Waals surface area contributed by atoms with Crippen LogP contribution in [0.25, 0.3) is 10.8 Å². The largest absolute Gasteiger partial charge is 0.480 e. The number of nitrogens with one attached hydrogen (secondary N) is 2. The number of benzene rings is 2. The Morgan fingerprint density at radius 2 is 1.91 bits per heavy atom. The fourth-order valence-electron chi connectivity index (χ4n) is 4.10. The van der Waals surface area contributed by atoms with Crippen LogP contribution < -0.4 is 16.4 Å². The van der Waals surface area contributed by atoms with Crippen LogP contribution in [0.2, 0.25) is 0 Å². The molecular formula is C25H27N5O4. The second kappa shape index (κ2) is 10.3. The molecule has 34 heavy (non-hydrogen) atoms. The summed E-state index contributed by atoms with van der Waals surface area (Å²) in [5, 5.41) is 16.6. The number of carboxylic acid groups (broad SMARTS) is 1. The van der Waals surface area contributed by atoms with Gasteiger partial charge in [-0.2, -0.15) is 0 Å². The van der Waals surface area contributed by atoms with Crippen molar-refractivity contribution in [2.45, 2.75) is 31.5 Å². The van der Waals surface area contributed by atoms with Gasteiger partial charge >= 0.3 is 5.97 Å². The summed E-state index contributed by atoms with van der Waals surface area (Å²) in [7, 11) is 0. The van der Waals surface area contributed by atoms with Crippen LogP contribution in [-0.4, -0.2) is 57.9 Å². The van der Waals surface area contributed by atoms with E-state index in [0.717, 1.165) is 21.9 Å². The SMILES string of the molecule is Nc1nccc2cc(CNC(=O)[C@@H]3CCN3C(=O)[C@@H](Cc3ccccc3)NCC(=O)O)ccc12. The number of anilines is 1. The Morgan fingerprint density at radius 1 is 1.12 bits per heavy atom. The number of carbonyl (C=O) groups excluding carboxylic acids is 2. The van der Waals surface area contributed by atoms with Crippen molar-refractivity contribution in [3.63, 3.8) is 0 Å². The van der Waals surface area contributed by atoms with E-state index in [2.05, 4.69) is 15.6 Å². The number of aliphatic carboxylic acids is 1. The standard InChI is InChI=1S/C25H27N5O4/c26-23-19-7-6-17(12-18(19)8-10-27-23)14-29-24(33)21-9-11-30(21)25(34)20(28-15-22(31)32)13-16-4-2-1-3-5-16/h1-8,10,12,20-21,28H,9,11,13-15H2,(H2,26,27)(H,29,33)(H,31,32)/t20-,21+/m1/s1. The summed E-state index contributed by atoms with van der Waals surface area (Å²) >= 11 is 0. The number of carboxylic acids is 1. The lowest BCUT2D eigenvalue weighted by Crippen LogP contribution is -2.62. The zero-order chi connectivity index (χ0) is 24.1. The van der Waals surface area contributed by atoms with Crippen molar-refractivity contribution >= 4 is 34.4 Å². The van der Waals surface area contributed by atoms with E-state index in [1.54, 1.807) is 6.20 Å². The van der Waals surface area contributed by atoms with Gasteiger partial charge in [0.1, 0.15) is 11.9 Å². The summed E-state index contributed by atoms with van der Waals surface area (Å²) in [5.41, 5.74) is 7.71. The highest BCUT2D eigenvalue weighted by molar-refractivity contribution is 5.92. The van der Waals surface area contributed by atoms with E-state index >= 15 is 0 Å². The number of fused-ring (bicyclic) bond motifs is 1. The lowest BCUT2D eigenvalue weighted by atomic mass is 9.97. The minimum atomic E-state index is -1.04. The average molecular weight is 462 g/mol. The molecular weight excluding hydrogens is 434 g/mol. The molecule has 0 bridgehead atoms. The topological polar surface area (TPSA) is 138 Å². The molecule has 1 saturated heterocycles. The van der Waals surface area contributed by atoms with Crippen molar-refractivity contribution in [2.24, 2.45) is 0 Å². The van der Waals surface area contributed by atoms with Crippen LogP contribution in [0.5, 0.6) is 0 Å². The van der Waals surface area contributed by atoms with Gasteiger partial charge in [0.25, 0.3) is 0 Å². The monoisotopic (exact) mass is 461 g/mol. The first kappa shape index (κ1) is 23.2. The van der Waals surface area contributed by atoms with E-state index in [9.17, 15) is 14.4 Å². The molecule has 3 aromatic rings. The van der Waals surface area contributed by atoms with Gasteiger partial charge in [-0.15, -0.1) is 0 Å². The molecule has 176 valence electrons. The van der Waals surface area contributed by atoms with Gasteiger partial charge in [-0.25, -0.2) is 4.98 Å². The average Bonchev–Trinajstić information content (AvgIpc) is 2.80. The van der Waals surface area contributed by atoms with Crippen LogP contribution in [0, 0.1) is 0 Å². The number of nitrogen functional groups attached to an aromatic ring is 1. The minimum Gasteiger partial charge on any atom is -0.480 e. The van der Waals surface area contributed by atoms with Crippen molar-refractivity contribution in [1.82, 2.24) is 20.5 Å². The lowest BCUT2D eigenvalue weighted by Gasteiger charge is -2.41. The zero-order valence-electron chi connectivity index (χ0n) is 18.6. The van der Waals surface area contributed by atoms with E-state index in [-0.39, 0.29) is 18.4 Å². The van der Waals surface area contributed by atoms with Crippen LogP contribution in [0.3, 0.4) is 0 Å². The van der Waals surface area contributed by atoms with Crippen LogP contribution in [0.1, 0.15) is 17.5 Å². The van der Waals surface area contributed by atoms with E-state index in [4.69, 9.17) is 10.8 Å². The van der Waals surface area contributed by atoms with Gasteiger partial charge in [0, 0.05) is 24.7 Å². The Bertz CT molecular complexity index is 1200. The van der Waals surface area contributed by atoms with Crippen LogP contribution in [0.15, 0.2) is 60.8 Å². The molecule has 5 N–H and O–H groups in total. The lowest BCUT2D eigenvalue weighted by molar-refractivity contribution is -0.149. The number of likely N-dealkylation sites (tertiary alicyclic amines) is 1. The molecule has 2 atom stereocenters. The molecule has 1 aromatic heterocycles. The normalized spacial score (nSPS) is 16.0. The number of amides is 2. The maximum atomic E-state index is 13.2. The molecule has 4 rings (SSSR count). The highest BCUT2D eigenvalue weighted by Crippen LogP contribution is 2.22. The van der Waals surface area contributed by atoms with E-state index in [1.165, 1.54) is 4.90 Å². The summed E-state index contributed by atoms with van der Waals surface area (Å²) in [4.78, 5) is 42.7. The van der Waals surface area contributed by atoms with Crippen LogP contribution in [-0.2, 0) is 27.3 Å². The van der Waals surface area contributed by atoms with Gasteiger partial charge in [0.15, 0.2) is 0 Å². The fourth-order valence-corrected chi connectivity index (χ4v) is 4.10. The van der Waals surface area contributed by atoms with Gasteiger partial charge in [0.2, 0.25) is 11.8 Å². The molecule has 2 amide bonds. The number of aromatic nitrogens is 1. The molecule has 1 fully saturated rings. The van der Waals surface area contributed by atoms with Gasteiger partial charge in [-0.3, -0.25) is 19.7 Å². The first-order valence-electron chi connectivity index (χ1n) is 11.1.